The smallest absolute Gasteiger partial charge is 0.204 e. The Morgan fingerprint density at radius 1 is 0.840 bits per heavy atom. The summed E-state index contributed by atoms with van der Waals surface area (Å²) in [5.41, 5.74) is 5.21. The van der Waals surface area contributed by atoms with Gasteiger partial charge in [0.15, 0.2) is 11.5 Å². The number of hydrogen-bond acceptors (Lipinski definition) is 5. The maximum absolute atomic E-state index is 5.71. The summed E-state index contributed by atoms with van der Waals surface area (Å²) in [6.45, 7) is 6.47. The summed E-state index contributed by atoms with van der Waals surface area (Å²) in [7, 11) is 4.92. The van der Waals surface area contributed by atoms with Crippen LogP contribution in [-0.2, 0) is 18.3 Å². The zero-order valence-electron chi connectivity index (χ0n) is 15.9. The van der Waals surface area contributed by atoms with Crippen molar-refractivity contribution in [3.63, 3.8) is 0 Å². The molecule has 0 atom stereocenters. The molecular weight excluding hydrogens is 316 g/mol. The summed E-state index contributed by atoms with van der Waals surface area (Å²) < 4.78 is 16.8. The third-order valence-corrected chi connectivity index (χ3v) is 4.68. The minimum Gasteiger partial charge on any atom is -0.493 e. The molecule has 134 valence electrons. The summed E-state index contributed by atoms with van der Waals surface area (Å²) in [6, 6.07) is 4.22. The lowest BCUT2D eigenvalue weighted by atomic mass is 9.90. The summed E-state index contributed by atoms with van der Waals surface area (Å²) in [5, 5.41) is 9.10. The van der Waals surface area contributed by atoms with Gasteiger partial charge in [-0.15, -0.1) is 5.10 Å². The van der Waals surface area contributed by atoms with E-state index in [1.807, 2.05) is 6.07 Å². The monoisotopic (exact) mass is 342 g/mol. The first-order valence-electron chi connectivity index (χ1n) is 8.60. The van der Waals surface area contributed by atoms with Gasteiger partial charge in [0.25, 0.3) is 0 Å². The van der Waals surface area contributed by atoms with Gasteiger partial charge < -0.3 is 14.2 Å². The quantitative estimate of drug-likeness (QED) is 0.845. The lowest BCUT2D eigenvalue weighted by molar-refractivity contribution is 0.324. The molecule has 0 aliphatic heterocycles. The summed E-state index contributed by atoms with van der Waals surface area (Å²) >= 11 is 0. The number of methoxy groups -OCH3 is 3. The molecule has 1 aromatic carbocycles. The molecule has 0 saturated carbocycles. The zero-order chi connectivity index (χ0) is 18.2. The first-order chi connectivity index (χ1) is 11.9. The molecule has 0 saturated heterocycles. The highest BCUT2D eigenvalue weighted by molar-refractivity contribution is 5.80. The van der Waals surface area contributed by atoms with E-state index in [0.717, 1.165) is 41.8 Å². The standard InChI is InChI=1S/C20H26N2O3/c1-20(2,3)15-11-13-9-7-8-12-10-14(23-4)18(24-5)19(25-6)16(12)17(13)22-21-15/h10-11H,7-9H2,1-6H3. The molecule has 5 heteroatoms. The number of nitrogens with zero attached hydrogens (tertiary/aromatic N) is 2. The Bertz CT molecular complexity index is 795. The van der Waals surface area contributed by atoms with Gasteiger partial charge >= 0.3 is 0 Å². The van der Waals surface area contributed by atoms with E-state index in [0.29, 0.717) is 17.2 Å². The highest BCUT2D eigenvalue weighted by Crippen LogP contribution is 2.48. The van der Waals surface area contributed by atoms with Crippen LogP contribution in [0.15, 0.2) is 12.1 Å². The molecule has 3 rings (SSSR count). The Morgan fingerprint density at radius 3 is 2.12 bits per heavy atom. The number of hydrogen-bond donors (Lipinski definition) is 0. The van der Waals surface area contributed by atoms with Crippen molar-refractivity contribution >= 4 is 0 Å². The molecular formula is C20H26N2O3. The van der Waals surface area contributed by atoms with Crippen LogP contribution in [-0.4, -0.2) is 31.5 Å². The van der Waals surface area contributed by atoms with Gasteiger partial charge in [-0.1, -0.05) is 20.8 Å². The Kier molecular flexibility index (Phi) is 4.58. The predicted molar refractivity (Wildman–Crippen MR) is 97.8 cm³/mol. The van der Waals surface area contributed by atoms with Crippen molar-refractivity contribution in [3.8, 4) is 28.5 Å². The van der Waals surface area contributed by atoms with E-state index in [2.05, 4.69) is 37.0 Å². The molecule has 0 spiro atoms. The fourth-order valence-corrected chi connectivity index (χ4v) is 3.33. The maximum Gasteiger partial charge on any atom is 0.204 e. The Balaban J connectivity index is 2.28. The number of rotatable bonds is 3. The minimum absolute atomic E-state index is 0.0289. The van der Waals surface area contributed by atoms with Crippen LogP contribution in [0.1, 0.15) is 44.0 Å². The average Bonchev–Trinajstić information content (AvgIpc) is 2.77. The Labute approximate surface area is 149 Å². The van der Waals surface area contributed by atoms with Crippen LogP contribution in [0.4, 0.5) is 0 Å². The van der Waals surface area contributed by atoms with Crippen LogP contribution in [0, 0.1) is 0 Å². The first kappa shape index (κ1) is 17.5. The SMILES string of the molecule is COc1cc2c(c(OC)c1OC)-c1nnc(C(C)(C)C)cc1CCC2. The molecule has 1 aliphatic carbocycles. The number of benzene rings is 1. The maximum atomic E-state index is 5.71. The lowest BCUT2D eigenvalue weighted by Gasteiger charge is -2.21. The fraction of sp³-hybridized carbons (Fsp3) is 0.500. The molecule has 0 bridgehead atoms. The third kappa shape index (κ3) is 3.03. The largest absolute Gasteiger partial charge is 0.493 e. The second kappa shape index (κ2) is 6.54. The molecule has 1 aliphatic rings. The van der Waals surface area contributed by atoms with E-state index in [-0.39, 0.29) is 5.41 Å². The van der Waals surface area contributed by atoms with Gasteiger partial charge in [0.1, 0.15) is 5.69 Å². The van der Waals surface area contributed by atoms with Crippen LogP contribution in [0.3, 0.4) is 0 Å². The molecule has 1 aromatic heterocycles. The Morgan fingerprint density at radius 2 is 1.52 bits per heavy atom. The Hall–Kier alpha value is -2.30. The van der Waals surface area contributed by atoms with Crippen molar-refractivity contribution in [3.05, 3.63) is 29.0 Å². The number of fused-ring (bicyclic) bond motifs is 3. The molecule has 0 N–H and O–H groups in total. The molecule has 0 fully saturated rings. The van der Waals surface area contributed by atoms with Gasteiger partial charge in [-0.2, -0.15) is 5.10 Å². The van der Waals surface area contributed by atoms with Crippen LogP contribution < -0.4 is 14.2 Å². The first-order valence-corrected chi connectivity index (χ1v) is 8.60. The van der Waals surface area contributed by atoms with Gasteiger partial charge in [0, 0.05) is 5.41 Å². The van der Waals surface area contributed by atoms with E-state index in [9.17, 15) is 0 Å². The van der Waals surface area contributed by atoms with E-state index in [1.54, 1.807) is 21.3 Å². The second-order valence-corrected chi connectivity index (χ2v) is 7.39. The van der Waals surface area contributed by atoms with Gasteiger partial charge in [0.05, 0.1) is 32.6 Å². The van der Waals surface area contributed by atoms with Crippen LogP contribution >= 0.6 is 0 Å². The summed E-state index contributed by atoms with van der Waals surface area (Å²) in [5.74, 6) is 1.94. The number of aryl methyl sites for hydroxylation is 2. The van der Waals surface area contributed by atoms with Crippen molar-refractivity contribution in [1.82, 2.24) is 10.2 Å². The second-order valence-electron chi connectivity index (χ2n) is 7.39. The molecule has 0 radical (unpaired) electrons. The van der Waals surface area contributed by atoms with Crippen molar-refractivity contribution in [1.29, 1.82) is 0 Å². The number of ether oxygens (including phenoxy) is 3. The molecule has 2 aromatic rings. The molecule has 25 heavy (non-hydrogen) atoms. The fourth-order valence-electron chi connectivity index (χ4n) is 3.33. The van der Waals surface area contributed by atoms with Crippen molar-refractivity contribution in [2.24, 2.45) is 0 Å². The van der Waals surface area contributed by atoms with Gasteiger partial charge in [-0.3, -0.25) is 0 Å². The molecule has 5 nitrogen and oxygen atoms in total. The van der Waals surface area contributed by atoms with Gasteiger partial charge in [-0.25, -0.2) is 0 Å². The summed E-state index contributed by atoms with van der Waals surface area (Å²) in [4.78, 5) is 0. The van der Waals surface area contributed by atoms with Crippen LogP contribution in [0.2, 0.25) is 0 Å². The van der Waals surface area contributed by atoms with E-state index >= 15 is 0 Å². The topological polar surface area (TPSA) is 53.5 Å². The van der Waals surface area contributed by atoms with Crippen LogP contribution in [0.25, 0.3) is 11.3 Å². The number of aromatic nitrogens is 2. The normalized spacial score (nSPS) is 13.5. The molecule has 0 amide bonds. The highest BCUT2D eigenvalue weighted by Gasteiger charge is 2.28. The van der Waals surface area contributed by atoms with Gasteiger partial charge in [-0.05, 0) is 42.5 Å². The summed E-state index contributed by atoms with van der Waals surface area (Å²) in [6.07, 6.45) is 2.96. The molecule has 1 heterocycles. The van der Waals surface area contributed by atoms with E-state index in [1.165, 1.54) is 5.56 Å². The van der Waals surface area contributed by atoms with E-state index < -0.39 is 0 Å². The van der Waals surface area contributed by atoms with E-state index in [4.69, 9.17) is 14.2 Å². The highest BCUT2D eigenvalue weighted by atomic mass is 16.5. The molecule has 0 unspecified atom stereocenters. The lowest BCUT2D eigenvalue weighted by Crippen LogP contribution is -2.15. The van der Waals surface area contributed by atoms with Crippen molar-refractivity contribution < 1.29 is 14.2 Å². The van der Waals surface area contributed by atoms with Crippen molar-refractivity contribution in [2.75, 3.05) is 21.3 Å². The zero-order valence-corrected chi connectivity index (χ0v) is 15.9. The predicted octanol–water partition coefficient (Wildman–Crippen LogP) is 3.96. The van der Waals surface area contributed by atoms with Crippen molar-refractivity contribution in [2.45, 2.75) is 45.4 Å². The average molecular weight is 342 g/mol. The van der Waals surface area contributed by atoms with Crippen LogP contribution in [0.5, 0.6) is 17.2 Å². The minimum atomic E-state index is -0.0289. The van der Waals surface area contributed by atoms with Gasteiger partial charge in [0.2, 0.25) is 5.75 Å². The third-order valence-electron chi connectivity index (χ3n) is 4.68.